The molecule has 0 spiro atoms. The summed E-state index contributed by atoms with van der Waals surface area (Å²) in [5.41, 5.74) is 0.385. The van der Waals surface area contributed by atoms with Crippen LogP contribution in [0.2, 0.25) is 5.02 Å². The molecule has 0 fully saturated rings. The molecular formula is C9H11ClO3S. The van der Waals surface area contributed by atoms with Crippen molar-refractivity contribution in [3.8, 4) is 5.75 Å². The number of phenols is 1. The van der Waals surface area contributed by atoms with Crippen molar-refractivity contribution < 1.29 is 13.5 Å². The highest BCUT2D eigenvalue weighted by Crippen LogP contribution is 2.23. The van der Waals surface area contributed by atoms with Crippen molar-refractivity contribution in [2.45, 2.75) is 12.7 Å². The molecule has 0 aliphatic heterocycles. The number of phenolic OH excluding ortho intramolecular Hbond substituents is 1. The second-order valence-electron chi connectivity index (χ2n) is 2.95. The molecule has 0 amide bonds. The van der Waals surface area contributed by atoms with Crippen molar-refractivity contribution in [2.75, 3.05) is 5.75 Å². The van der Waals surface area contributed by atoms with Crippen LogP contribution in [0.25, 0.3) is 0 Å². The predicted molar refractivity (Wildman–Crippen MR) is 56.3 cm³/mol. The van der Waals surface area contributed by atoms with Crippen LogP contribution in [-0.4, -0.2) is 19.3 Å². The molecule has 1 N–H and O–H groups in total. The van der Waals surface area contributed by atoms with Gasteiger partial charge in [-0.3, -0.25) is 0 Å². The fourth-order valence-corrected chi connectivity index (χ4v) is 2.09. The fourth-order valence-electron chi connectivity index (χ4n) is 0.998. The van der Waals surface area contributed by atoms with Gasteiger partial charge in [-0.1, -0.05) is 24.6 Å². The molecule has 14 heavy (non-hydrogen) atoms. The van der Waals surface area contributed by atoms with Crippen molar-refractivity contribution >= 4 is 21.4 Å². The molecule has 78 valence electrons. The van der Waals surface area contributed by atoms with E-state index in [9.17, 15) is 13.5 Å². The van der Waals surface area contributed by atoms with Gasteiger partial charge < -0.3 is 5.11 Å². The lowest BCUT2D eigenvalue weighted by Gasteiger charge is -2.04. The third-order valence-electron chi connectivity index (χ3n) is 1.86. The summed E-state index contributed by atoms with van der Waals surface area (Å²) < 4.78 is 22.5. The molecule has 1 aromatic carbocycles. The van der Waals surface area contributed by atoms with Crippen molar-refractivity contribution in [3.63, 3.8) is 0 Å². The average molecular weight is 235 g/mol. The van der Waals surface area contributed by atoms with Gasteiger partial charge in [0.25, 0.3) is 0 Å². The molecule has 0 radical (unpaired) electrons. The van der Waals surface area contributed by atoms with Crippen molar-refractivity contribution in [1.82, 2.24) is 0 Å². The molecule has 0 aliphatic rings. The Bertz CT molecular complexity index is 426. The van der Waals surface area contributed by atoms with E-state index in [1.54, 1.807) is 13.0 Å². The van der Waals surface area contributed by atoms with Crippen LogP contribution in [0, 0.1) is 0 Å². The molecule has 0 aliphatic carbocycles. The number of aromatic hydroxyl groups is 1. The van der Waals surface area contributed by atoms with Crippen molar-refractivity contribution in [3.05, 3.63) is 28.8 Å². The first-order valence-corrected chi connectivity index (χ1v) is 6.32. The Hall–Kier alpha value is -0.740. The SMILES string of the molecule is CCS(=O)(=O)Cc1ccc(Cl)cc1O. The summed E-state index contributed by atoms with van der Waals surface area (Å²) in [6.07, 6.45) is 0. The number of halogens is 1. The highest BCUT2D eigenvalue weighted by molar-refractivity contribution is 7.90. The summed E-state index contributed by atoms with van der Waals surface area (Å²) >= 11 is 5.61. The Labute approximate surface area is 88.2 Å². The first-order valence-electron chi connectivity index (χ1n) is 4.12. The maximum absolute atomic E-state index is 11.3. The third-order valence-corrected chi connectivity index (χ3v) is 3.73. The monoisotopic (exact) mass is 234 g/mol. The zero-order chi connectivity index (χ0) is 10.8. The summed E-state index contributed by atoms with van der Waals surface area (Å²) in [4.78, 5) is 0. The van der Waals surface area contributed by atoms with E-state index in [0.717, 1.165) is 0 Å². The van der Waals surface area contributed by atoms with E-state index in [2.05, 4.69) is 0 Å². The smallest absolute Gasteiger partial charge is 0.154 e. The molecule has 0 unspecified atom stereocenters. The molecule has 0 heterocycles. The van der Waals surface area contributed by atoms with Gasteiger partial charge in [0, 0.05) is 16.3 Å². The summed E-state index contributed by atoms with van der Waals surface area (Å²) in [6, 6.07) is 4.41. The second-order valence-corrected chi connectivity index (χ2v) is 5.74. The highest BCUT2D eigenvalue weighted by atomic mass is 35.5. The molecule has 1 aromatic rings. The van der Waals surface area contributed by atoms with Crippen LogP contribution in [0.1, 0.15) is 12.5 Å². The van der Waals surface area contributed by atoms with Crippen LogP contribution in [-0.2, 0) is 15.6 Å². The minimum absolute atomic E-state index is 0.0646. The minimum Gasteiger partial charge on any atom is -0.508 e. The molecule has 0 saturated carbocycles. The van der Waals surface area contributed by atoms with Crippen LogP contribution >= 0.6 is 11.6 Å². The van der Waals surface area contributed by atoms with E-state index in [4.69, 9.17) is 11.6 Å². The van der Waals surface area contributed by atoms with Crippen molar-refractivity contribution in [2.24, 2.45) is 0 Å². The van der Waals surface area contributed by atoms with Crippen LogP contribution in [0.5, 0.6) is 5.75 Å². The molecule has 0 bridgehead atoms. The van der Waals surface area contributed by atoms with Gasteiger partial charge in [0.05, 0.1) is 5.75 Å². The number of rotatable bonds is 3. The van der Waals surface area contributed by atoms with E-state index in [0.29, 0.717) is 10.6 Å². The first kappa shape index (κ1) is 11.3. The maximum Gasteiger partial charge on any atom is 0.154 e. The fraction of sp³-hybridized carbons (Fsp3) is 0.333. The van der Waals surface area contributed by atoms with Gasteiger partial charge in [0.1, 0.15) is 5.75 Å². The van der Waals surface area contributed by atoms with E-state index in [1.165, 1.54) is 12.1 Å². The summed E-state index contributed by atoms with van der Waals surface area (Å²) in [5.74, 6) is -0.156. The van der Waals surface area contributed by atoms with E-state index >= 15 is 0 Å². The van der Waals surface area contributed by atoms with E-state index < -0.39 is 9.84 Å². The number of benzene rings is 1. The molecular weight excluding hydrogens is 224 g/mol. The van der Waals surface area contributed by atoms with E-state index in [-0.39, 0.29) is 17.3 Å². The van der Waals surface area contributed by atoms with Crippen LogP contribution < -0.4 is 0 Å². The van der Waals surface area contributed by atoms with Gasteiger partial charge in [-0.25, -0.2) is 8.42 Å². The first-order chi connectivity index (χ1) is 6.44. The summed E-state index contributed by atoms with van der Waals surface area (Å²) in [6.45, 7) is 1.57. The predicted octanol–water partition coefficient (Wildman–Crippen LogP) is 1.98. The topological polar surface area (TPSA) is 54.4 Å². The third kappa shape index (κ3) is 2.89. The zero-order valence-electron chi connectivity index (χ0n) is 7.70. The summed E-state index contributed by atoms with van der Waals surface area (Å²) in [7, 11) is -3.11. The average Bonchev–Trinajstić information content (AvgIpc) is 2.10. The molecule has 5 heteroatoms. The number of sulfone groups is 1. The van der Waals surface area contributed by atoms with Crippen molar-refractivity contribution in [1.29, 1.82) is 0 Å². The minimum atomic E-state index is -3.11. The lowest BCUT2D eigenvalue weighted by atomic mass is 10.2. The number of hydrogen-bond donors (Lipinski definition) is 1. The van der Waals surface area contributed by atoms with Crippen LogP contribution in [0.4, 0.5) is 0 Å². The van der Waals surface area contributed by atoms with Crippen LogP contribution in [0.15, 0.2) is 18.2 Å². The van der Waals surface area contributed by atoms with Crippen LogP contribution in [0.3, 0.4) is 0 Å². The Balaban J connectivity index is 2.99. The second kappa shape index (κ2) is 4.19. The molecule has 0 saturated heterocycles. The summed E-state index contributed by atoms with van der Waals surface area (Å²) in [5, 5.41) is 9.79. The van der Waals surface area contributed by atoms with Gasteiger partial charge in [0.2, 0.25) is 0 Å². The van der Waals surface area contributed by atoms with Gasteiger partial charge >= 0.3 is 0 Å². The standard InChI is InChI=1S/C9H11ClO3S/c1-2-14(12,13)6-7-3-4-8(10)5-9(7)11/h3-5,11H,2,6H2,1H3. The lowest BCUT2D eigenvalue weighted by Crippen LogP contribution is -2.06. The van der Waals surface area contributed by atoms with Gasteiger partial charge in [-0.15, -0.1) is 0 Å². The largest absolute Gasteiger partial charge is 0.508 e. The lowest BCUT2D eigenvalue weighted by molar-refractivity contribution is 0.470. The molecule has 1 rings (SSSR count). The maximum atomic E-state index is 11.3. The Morgan fingerprint density at radius 3 is 2.57 bits per heavy atom. The zero-order valence-corrected chi connectivity index (χ0v) is 9.27. The van der Waals surface area contributed by atoms with E-state index in [1.807, 2.05) is 0 Å². The Morgan fingerprint density at radius 2 is 2.07 bits per heavy atom. The normalized spacial score (nSPS) is 11.6. The quantitative estimate of drug-likeness (QED) is 0.870. The Morgan fingerprint density at radius 1 is 1.43 bits per heavy atom. The number of hydrogen-bond acceptors (Lipinski definition) is 3. The Kier molecular flexibility index (Phi) is 3.39. The molecule has 3 nitrogen and oxygen atoms in total. The molecule has 0 atom stereocenters. The highest BCUT2D eigenvalue weighted by Gasteiger charge is 2.12. The molecule has 0 aromatic heterocycles. The van der Waals surface area contributed by atoms with Gasteiger partial charge in [-0.05, 0) is 12.1 Å². The van der Waals surface area contributed by atoms with Gasteiger partial charge in [-0.2, -0.15) is 0 Å². The van der Waals surface area contributed by atoms with Gasteiger partial charge in [0.15, 0.2) is 9.84 Å².